The van der Waals surface area contributed by atoms with Gasteiger partial charge in [0, 0.05) is 32.9 Å². The van der Waals surface area contributed by atoms with Crippen LogP contribution in [0.5, 0.6) is 0 Å². The number of rotatable bonds is 5. The average molecular weight is 637 g/mol. The van der Waals surface area contributed by atoms with Crippen molar-refractivity contribution in [3.05, 3.63) is 194 Å². The van der Waals surface area contributed by atoms with Crippen LogP contribution in [0.3, 0.4) is 0 Å². The van der Waals surface area contributed by atoms with Crippen LogP contribution in [0.4, 0.5) is 0 Å². The number of fused-ring (bicyclic) bond motifs is 6. The van der Waals surface area contributed by atoms with E-state index in [1.807, 2.05) is 0 Å². The molecule has 0 unspecified atom stereocenters. The van der Waals surface area contributed by atoms with Gasteiger partial charge in [-0.25, -0.2) is 0 Å². The van der Waals surface area contributed by atoms with E-state index in [9.17, 15) is 0 Å². The fourth-order valence-corrected chi connectivity index (χ4v) is 7.74. The highest BCUT2D eigenvalue weighted by Gasteiger charge is 2.15. The average Bonchev–Trinajstić information content (AvgIpc) is 3.71. The maximum atomic E-state index is 2.40. The lowest BCUT2D eigenvalue weighted by Crippen LogP contribution is -1.94. The quantitative estimate of drug-likeness (QED) is 0.178. The minimum Gasteiger partial charge on any atom is -0.309 e. The van der Waals surface area contributed by atoms with E-state index in [-0.39, 0.29) is 0 Å². The summed E-state index contributed by atoms with van der Waals surface area (Å²) >= 11 is 0. The summed E-state index contributed by atoms with van der Waals surface area (Å²) < 4.78 is 4.78. The molecule has 2 heterocycles. The number of para-hydroxylation sites is 3. The van der Waals surface area contributed by atoms with Crippen molar-refractivity contribution >= 4 is 43.6 Å². The molecule has 0 atom stereocenters. The molecular weight excluding hydrogens is 605 g/mol. The van der Waals surface area contributed by atoms with Gasteiger partial charge in [-0.05, 0) is 88.0 Å². The Hall–Kier alpha value is -6.64. The third kappa shape index (κ3) is 4.57. The summed E-state index contributed by atoms with van der Waals surface area (Å²) in [6, 6.07) is 70.4. The molecule has 0 fully saturated rings. The first-order valence-corrected chi connectivity index (χ1v) is 17.2. The van der Waals surface area contributed by atoms with Crippen molar-refractivity contribution in [1.82, 2.24) is 9.13 Å². The standard InChI is InChI=1S/C48H32N2/c1-2-11-33(12-3-1)34-21-23-35(24-22-34)37-13-10-14-40(31-37)50-47-20-9-6-17-43(47)44-32-38(27-30-48(44)50)36-25-28-39(29-26-36)49-45-18-7-4-15-41(45)42-16-5-8-19-46(42)49/h1-32H. The van der Waals surface area contributed by atoms with E-state index in [2.05, 4.69) is 203 Å². The van der Waals surface area contributed by atoms with Gasteiger partial charge in [-0.15, -0.1) is 0 Å². The van der Waals surface area contributed by atoms with Gasteiger partial charge in [0.05, 0.1) is 22.1 Å². The van der Waals surface area contributed by atoms with Gasteiger partial charge in [-0.1, -0.05) is 140 Å². The SMILES string of the molecule is c1ccc(-c2ccc(-c3cccc(-n4c5ccccc5c5cc(-c6ccc(-n7c8ccccc8c8ccccc87)cc6)ccc54)c3)cc2)cc1. The van der Waals surface area contributed by atoms with Crippen molar-refractivity contribution < 1.29 is 0 Å². The highest BCUT2D eigenvalue weighted by atomic mass is 15.0. The van der Waals surface area contributed by atoms with Gasteiger partial charge >= 0.3 is 0 Å². The van der Waals surface area contributed by atoms with Gasteiger partial charge in [-0.3, -0.25) is 0 Å². The van der Waals surface area contributed by atoms with Crippen LogP contribution >= 0.6 is 0 Å². The van der Waals surface area contributed by atoms with Crippen molar-refractivity contribution in [3.8, 4) is 44.8 Å². The van der Waals surface area contributed by atoms with Gasteiger partial charge in [0.1, 0.15) is 0 Å². The summed E-state index contributed by atoms with van der Waals surface area (Å²) in [5.41, 5.74) is 14.5. The Balaban J connectivity index is 1.04. The molecule has 0 N–H and O–H groups in total. The lowest BCUT2D eigenvalue weighted by molar-refractivity contribution is 1.18. The molecule has 2 nitrogen and oxygen atoms in total. The lowest BCUT2D eigenvalue weighted by Gasteiger charge is -2.12. The Morgan fingerprint density at radius 1 is 0.220 bits per heavy atom. The summed E-state index contributed by atoms with van der Waals surface area (Å²) in [5.74, 6) is 0. The maximum Gasteiger partial charge on any atom is 0.0541 e. The second-order valence-corrected chi connectivity index (χ2v) is 13.0. The van der Waals surface area contributed by atoms with Crippen molar-refractivity contribution in [3.63, 3.8) is 0 Å². The zero-order valence-electron chi connectivity index (χ0n) is 27.4. The van der Waals surface area contributed by atoms with Crippen molar-refractivity contribution in [2.45, 2.75) is 0 Å². The molecule has 2 aromatic heterocycles. The van der Waals surface area contributed by atoms with Gasteiger partial charge in [0.15, 0.2) is 0 Å². The Morgan fingerprint density at radius 3 is 1.24 bits per heavy atom. The first-order valence-electron chi connectivity index (χ1n) is 17.2. The van der Waals surface area contributed by atoms with Crippen LogP contribution in [0, 0.1) is 0 Å². The summed E-state index contributed by atoms with van der Waals surface area (Å²) in [6.07, 6.45) is 0. The van der Waals surface area contributed by atoms with E-state index in [1.54, 1.807) is 0 Å². The monoisotopic (exact) mass is 636 g/mol. The summed E-state index contributed by atoms with van der Waals surface area (Å²) in [7, 11) is 0. The van der Waals surface area contributed by atoms with E-state index in [0.29, 0.717) is 0 Å². The molecule has 0 aliphatic carbocycles. The molecule has 0 saturated carbocycles. The molecule has 10 rings (SSSR count). The van der Waals surface area contributed by atoms with Crippen LogP contribution in [-0.4, -0.2) is 9.13 Å². The minimum atomic E-state index is 1.16. The molecule has 8 aromatic carbocycles. The molecule has 0 aliphatic heterocycles. The second kappa shape index (κ2) is 11.5. The third-order valence-corrected chi connectivity index (χ3v) is 10.1. The summed E-state index contributed by atoms with van der Waals surface area (Å²) in [6.45, 7) is 0. The van der Waals surface area contributed by atoms with Crippen LogP contribution in [0.25, 0.3) is 88.4 Å². The van der Waals surface area contributed by atoms with E-state index in [0.717, 1.165) is 5.69 Å². The number of hydrogen-bond donors (Lipinski definition) is 0. The van der Waals surface area contributed by atoms with Crippen molar-refractivity contribution in [2.75, 3.05) is 0 Å². The van der Waals surface area contributed by atoms with Crippen LogP contribution in [0.2, 0.25) is 0 Å². The first kappa shape index (κ1) is 28.4. The summed E-state index contributed by atoms with van der Waals surface area (Å²) in [5, 5.41) is 5.06. The number of hydrogen-bond acceptors (Lipinski definition) is 0. The Bertz CT molecular complexity index is 2780. The Kier molecular flexibility index (Phi) is 6.53. The lowest BCUT2D eigenvalue weighted by atomic mass is 10.00. The number of benzene rings is 8. The molecule has 10 aromatic rings. The highest BCUT2D eigenvalue weighted by molar-refractivity contribution is 6.11. The zero-order chi connectivity index (χ0) is 33.0. The van der Waals surface area contributed by atoms with Crippen LogP contribution < -0.4 is 0 Å². The van der Waals surface area contributed by atoms with E-state index >= 15 is 0 Å². The number of aromatic nitrogens is 2. The topological polar surface area (TPSA) is 9.86 Å². The fourth-order valence-electron chi connectivity index (χ4n) is 7.74. The smallest absolute Gasteiger partial charge is 0.0541 e. The van der Waals surface area contributed by atoms with Crippen LogP contribution in [0.1, 0.15) is 0 Å². The molecule has 0 spiro atoms. The predicted octanol–water partition coefficient (Wildman–Crippen LogP) is 12.9. The van der Waals surface area contributed by atoms with Crippen LogP contribution in [0.15, 0.2) is 194 Å². The predicted molar refractivity (Wildman–Crippen MR) is 211 cm³/mol. The molecule has 0 amide bonds. The third-order valence-electron chi connectivity index (χ3n) is 10.1. The molecule has 2 heteroatoms. The van der Waals surface area contributed by atoms with Gasteiger partial charge in [0.25, 0.3) is 0 Å². The molecule has 0 aliphatic rings. The molecule has 0 radical (unpaired) electrons. The van der Waals surface area contributed by atoms with Gasteiger partial charge in [-0.2, -0.15) is 0 Å². The second-order valence-electron chi connectivity index (χ2n) is 13.0. The molecule has 234 valence electrons. The van der Waals surface area contributed by atoms with Crippen LogP contribution in [-0.2, 0) is 0 Å². The van der Waals surface area contributed by atoms with Gasteiger partial charge in [0.2, 0.25) is 0 Å². The number of nitrogens with zero attached hydrogens (tertiary/aromatic N) is 2. The van der Waals surface area contributed by atoms with Crippen molar-refractivity contribution in [1.29, 1.82) is 0 Å². The fraction of sp³-hybridized carbons (Fsp3) is 0. The minimum absolute atomic E-state index is 1.16. The Labute approximate surface area is 290 Å². The van der Waals surface area contributed by atoms with E-state index in [4.69, 9.17) is 0 Å². The molecule has 0 saturated heterocycles. The maximum absolute atomic E-state index is 2.40. The first-order chi connectivity index (χ1) is 24.8. The molecule has 50 heavy (non-hydrogen) atoms. The van der Waals surface area contributed by atoms with Crippen molar-refractivity contribution in [2.24, 2.45) is 0 Å². The molecule has 0 bridgehead atoms. The highest BCUT2D eigenvalue weighted by Crippen LogP contribution is 2.37. The summed E-state index contributed by atoms with van der Waals surface area (Å²) in [4.78, 5) is 0. The molecular formula is C48H32N2. The zero-order valence-corrected chi connectivity index (χ0v) is 27.4. The van der Waals surface area contributed by atoms with E-state index < -0.39 is 0 Å². The van der Waals surface area contributed by atoms with E-state index in [1.165, 1.54) is 82.7 Å². The normalized spacial score (nSPS) is 11.6. The largest absolute Gasteiger partial charge is 0.309 e. The van der Waals surface area contributed by atoms with Gasteiger partial charge < -0.3 is 9.13 Å². The Morgan fingerprint density at radius 2 is 0.620 bits per heavy atom.